The van der Waals surface area contributed by atoms with Crippen LogP contribution < -0.4 is 9.47 Å². The molecule has 0 unspecified atom stereocenters. The van der Waals surface area contributed by atoms with E-state index in [0.29, 0.717) is 43.4 Å². The molecule has 6 rings (SSSR count). The second-order valence-electron chi connectivity index (χ2n) is 13.2. The van der Waals surface area contributed by atoms with Gasteiger partial charge in [0.25, 0.3) is 0 Å². The van der Waals surface area contributed by atoms with Crippen LogP contribution in [0.3, 0.4) is 0 Å². The Kier molecular flexibility index (Phi) is 9.04. The van der Waals surface area contributed by atoms with Gasteiger partial charge in [0.15, 0.2) is 17.3 Å². The average Bonchev–Trinajstić information content (AvgIpc) is 3.38. The zero-order valence-corrected chi connectivity index (χ0v) is 26.4. The monoisotopic (exact) mass is 600 g/mol. The average molecular weight is 601 g/mol. The van der Waals surface area contributed by atoms with Crippen molar-refractivity contribution in [2.45, 2.75) is 101 Å². The number of rotatable bonds is 14. The predicted molar refractivity (Wildman–Crippen MR) is 172 cm³/mol. The zero-order valence-electron chi connectivity index (χ0n) is 26.4. The Morgan fingerprint density at radius 1 is 1.16 bits per heavy atom. The van der Waals surface area contributed by atoms with Crippen LogP contribution in [-0.4, -0.2) is 71.5 Å². The highest BCUT2D eigenvalue weighted by Crippen LogP contribution is 2.65. The Morgan fingerprint density at radius 3 is 2.70 bits per heavy atom. The number of methoxy groups -OCH3 is 1. The van der Waals surface area contributed by atoms with E-state index in [1.165, 1.54) is 0 Å². The fourth-order valence-electron chi connectivity index (χ4n) is 9.00. The van der Waals surface area contributed by atoms with E-state index in [2.05, 4.69) is 23.3 Å². The van der Waals surface area contributed by atoms with Crippen LogP contribution in [0.4, 0.5) is 0 Å². The van der Waals surface area contributed by atoms with E-state index in [-0.39, 0.29) is 35.0 Å². The van der Waals surface area contributed by atoms with Gasteiger partial charge in [0, 0.05) is 60.1 Å². The number of carbonyl (C=O) groups excluding carboxylic acids is 2. The number of ether oxygens (including phenoxy) is 2. The van der Waals surface area contributed by atoms with Gasteiger partial charge in [0.05, 0.1) is 13.2 Å². The molecule has 0 radical (unpaired) electrons. The topological polar surface area (TPSA) is 79.3 Å². The van der Waals surface area contributed by atoms with E-state index in [0.717, 1.165) is 87.0 Å². The van der Waals surface area contributed by atoms with Crippen LogP contribution in [0, 0.1) is 5.92 Å². The van der Waals surface area contributed by atoms with Gasteiger partial charge in [-0.1, -0.05) is 56.2 Å². The molecule has 7 heteroatoms. The van der Waals surface area contributed by atoms with Gasteiger partial charge >= 0.3 is 0 Å². The lowest BCUT2D eigenvalue weighted by molar-refractivity contribution is -0.142. The van der Waals surface area contributed by atoms with Gasteiger partial charge in [-0.15, -0.1) is 6.58 Å². The molecule has 2 heterocycles. The normalized spacial score (nSPS) is 26.4. The van der Waals surface area contributed by atoms with Crippen LogP contribution in [0.25, 0.3) is 0 Å². The Bertz CT molecular complexity index is 1380. The molecule has 2 aliphatic heterocycles. The molecule has 2 aromatic rings. The third kappa shape index (κ3) is 5.21. The smallest absolute Gasteiger partial charge is 0.222 e. The van der Waals surface area contributed by atoms with Gasteiger partial charge in [0.1, 0.15) is 11.9 Å². The molecule has 1 saturated heterocycles. The number of nitrogens with zero attached hydrogens (tertiary/aromatic N) is 2. The highest BCUT2D eigenvalue weighted by molar-refractivity contribution is 5.96. The van der Waals surface area contributed by atoms with Crippen LogP contribution in [0.1, 0.15) is 92.6 Å². The molecular formula is C37H48N2O5. The van der Waals surface area contributed by atoms with E-state index >= 15 is 0 Å². The number of hydrogen-bond acceptors (Lipinski definition) is 6. The van der Waals surface area contributed by atoms with Crippen molar-refractivity contribution in [3.8, 4) is 17.2 Å². The number of unbranched alkanes of at least 4 members (excludes halogenated alkanes) is 3. The number of ketones is 1. The Labute approximate surface area is 262 Å². The summed E-state index contributed by atoms with van der Waals surface area (Å²) >= 11 is 0. The van der Waals surface area contributed by atoms with Gasteiger partial charge in [-0.05, 0) is 57.4 Å². The molecule has 1 saturated carbocycles. The van der Waals surface area contributed by atoms with Crippen LogP contribution in [-0.2, 0) is 16.6 Å². The minimum Gasteiger partial charge on any atom is -0.508 e. The first-order chi connectivity index (χ1) is 21.4. The highest BCUT2D eigenvalue weighted by Gasteiger charge is 2.67. The molecule has 1 N–H and O–H groups in total. The zero-order chi connectivity index (χ0) is 30.8. The molecule has 236 valence electrons. The number of Topliss-reactive ketones (excluding diaryl/α,β-unsaturated/α-hetero) is 1. The quantitative estimate of drug-likeness (QED) is 0.152. The van der Waals surface area contributed by atoms with E-state index < -0.39 is 0 Å². The number of carbonyl (C=O) groups is 2. The van der Waals surface area contributed by atoms with Gasteiger partial charge in [0.2, 0.25) is 5.91 Å². The number of amides is 1. The number of aromatic hydroxyl groups is 1. The third-order valence-electron chi connectivity index (χ3n) is 10.9. The van der Waals surface area contributed by atoms with E-state index in [1.807, 2.05) is 36.4 Å². The third-order valence-corrected chi connectivity index (χ3v) is 10.9. The second-order valence-corrected chi connectivity index (χ2v) is 13.2. The molecule has 5 atom stereocenters. The summed E-state index contributed by atoms with van der Waals surface area (Å²) in [4.78, 5) is 31.4. The largest absolute Gasteiger partial charge is 0.508 e. The van der Waals surface area contributed by atoms with Crippen molar-refractivity contribution in [2.75, 3.05) is 26.7 Å². The van der Waals surface area contributed by atoms with Crippen molar-refractivity contribution < 1.29 is 24.2 Å². The summed E-state index contributed by atoms with van der Waals surface area (Å²) in [6.45, 7) is 8.71. The number of phenolic OH excluding ortho intramolecular Hbond substituents is 1. The van der Waals surface area contributed by atoms with E-state index in [4.69, 9.17) is 9.47 Å². The summed E-state index contributed by atoms with van der Waals surface area (Å²) in [6, 6.07) is 11.4. The second kappa shape index (κ2) is 13.0. The van der Waals surface area contributed by atoms with Crippen LogP contribution in [0.15, 0.2) is 49.1 Å². The maximum Gasteiger partial charge on any atom is 0.222 e. The van der Waals surface area contributed by atoms with Crippen LogP contribution in [0.2, 0.25) is 0 Å². The first kappa shape index (κ1) is 30.7. The minimum atomic E-state index is -0.258. The molecule has 1 amide bonds. The predicted octanol–water partition coefficient (Wildman–Crippen LogP) is 6.46. The molecule has 4 aliphatic rings. The number of hydrogen-bond donors (Lipinski definition) is 1. The lowest BCUT2D eigenvalue weighted by Crippen LogP contribution is -2.69. The first-order valence-corrected chi connectivity index (χ1v) is 16.8. The number of likely N-dealkylation sites (tertiary alicyclic amines) is 1. The van der Waals surface area contributed by atoms with Crippen molar-refractivity contribution >= 4 is 11.7 Å². The summed E-state index contributed by atoms with van der Waals surface area (Å²) in [6.07, 6.45) is 10.9. The minimum absolute atomic E-state index is 0.0432. The SMILES string of the molecule is C=CCN1CC[C@]23c4c5c(O)cc(OC)c4O[C@H]2[C@H](N(CCCCC)C(=O)CCCCC(=O)c2ccccc2)CC[C@H]3[C@H]1C5. The van der Waals surface area contributed by atoms with Gasteiger partial charge in [-0.25, -0.2) is 0 Å². The first-order valence-electron chi connectivity index (χ1n) is 16.8. The van der Waals surface area contributed by atoms with Crippen molar-refractivity contribution in [3.05, 3.63) is 65.7 Å². The number of piperidine rings is 1. The Hall–Kier alpha value is -3.32. The molecule has 7 nitrogen and oxygen atoms in total. The number of phenols is 1. The lowest BCUT2D eigenvalue weighted by atomic mass is 9.50. The number of benzene rings is 2. The standard InChI is InChI=1S/C37H48N2O5/c1-4-6-12-21-39(33(42)16-11-10-15-30(40)25-13-8-7-9-14-25)28-18-17-27-29-23-26-31(41)24-32(43-3)35-34(26)37(27,36(28)44-35)19-22-38(29)20-5-2/h5,7-9,13-14,24,27-29,36,41H,2,4,6,10-12,15-23H2,1,3H3/t27-,28+,29+,36-,37-/m0/s1. The molecule has 2 bridgehead atoms. The molecule has 0 aromatic heterocycles. The van der Waals surface area contributed by atoms with E-state index in [9.17, 15) is 14.7 Å². The van der Waals surface area contributed by atoms with Gasteiger partial charge < -0.3 is 19.5 Å². The van der Waals surface area contributed by atoms with E-state index in [1.54, 1.807) is 13.2 Å². The van der Waals surface area contributed by atoms with Crippen molar-refractivity contribution in [1.82, 2.24) is 9.80 Å². The van der Waals surface area contributed by atoms with Crippen molar-refractivity contribution in [3.63, 3.8) is 0 Å². The molecular weight excluding hydrogens is 552 g/mol. The molecule has 2 aromatic carbocycles. The molecule has 44 heavy (non-hydrogen) atoms. The van der Waals surface area contributed by atoms with Gasteiger partial charge in [-0.2, -0.15) is 0 Å². The summed E-state index contributed by atoms with van der Waals surface area (Å²) in [5, 5.41) is 11.2. The summed E-state index contributed by atoms with van der Waals surface area (Å²) in [5.41, 5.74) is 2.61. The van der Waals surface area contributed by atoms with Crippen LogP contribution in [0.5, 0.6) is 17.2 Å². The molecule has 2 aliphatic carbocycles. The summed E-state index contributed by atoms with van der Waals surface area (Å²) in [5.74, 6) is 2.33. The fourth-order valence-corrected chi connectivity index (χ4v) is 9.00. The Balaban J connectivity index is 1.26. The lowest BCUT2D eigenvalue weighted by Gasteiger charge is -2.60. The van der Waals surface area contributed by atoms with Crippen molar-refractivity contribution in [2.24, 2.45) is 5.92 Å². The molecule has 1 spiro atoms. The molecule has 2 fully saturated rings. The highest BCUT2D eigenvalue weighted by atomic mass is 16.5. The Morgan fingerprint density at radius 2 is 1.95 bits per heavy atom. The van der Waals surface area contributed by atoms with Gasteiger partial charge in [-0.3, -0.25) is 14.5 Å². The fraction of sp³-hybridized carbons (Fsp3) is 0.568. The van der Waals surface area contributed by atoms with Crippen LogP contribution >= 0.6 is 0 Å². The maximum atomic E-state index is 14.1. The summed E-state index contributed by atoms with van der Waals surface area (Å²) < 4.78 is 12.8. The van der Waals surface area contributed by atoms with Crippen molar-refractivity contribution in [1.29, 1.82) is 0 Å². The maximum absolute atomic E-state index is 14.1. The summed E-state index contributed by atoms with van der Waals surface area (Å²) in [7, 11) is 1.64.